The Balaban J connectivity index is 1.35. The van der Waals surface area contributed by atoms with Crippen LogP contribution in [0.4, 0.5) is 10.1 Å². The lowest BCUT2D eigenvalue weighted by molar-refractivity contribution is -0.122. The van der Waals surface area contributed by atoms with Crippen LogP contribution in [0, 0.1) is 11.7 Å². The molecule has 2 aromatic carbocycles. The van der Waals surface area contributed by atoms with E-state index < -0.39 is 6.04 Å². The summed E-state index contributed by atoms with van der Waals surface area (Å²) in [6, 6.07) is 16.0. The Morgan fingerprint density at radius 3 is 2.21 bits per heavy atom. The molecule has 0 aliphatic heterocycles. The summed E-state index contributed by atoms with van der Waals surface area (Å²) < 4.78 is 13.3. The van der Waals surface area contributed by atoms with E-state index in [0.29, 0.717) is 17.2 Å². The first kappa shape index (κ1) is 22.6. The molecule has 1 aromatic heterocycles. The van der Waals surface area contributed by atoms with Crippen molar-refractivity contribution in [1.29, 1.82) is 0 Å². The second-order valence-electron chi connectivity index (χ2n) is 8.41. The summed E-state index contributed by atoms with van der Waals surface area (Å²) in [5.41, 5.74) is 9.12. The number of nitrogens with one attached hydrogen (secondary N) is 2. The Labute approximate surface area is 192 Å². The normalized spacial score (nSPS) is 15.2. The summed E-state index contributed by atoms with van der Waals surface area (Å²) in [6.45, 7) is 0. The summed E-state index contributed by atoms with van der Waals surface area (Å²) in [5.74, 6) is -0.323. The minimum atomic E-state index is -0.502. The fraction of sp³-hybridized carbons (Fsp3) is 0.269. The second-order valence-corrected chi connectivity index (χ2v) is 8.41. The third kappa shape index (κ3) is 5.81. The summed E-state index contributed by atoms with van der Waals surface area (Å²) in [7, 11) is 0. The van der Waals surface area contributed by atoms with Gasteiger partial charge in [-0.3, -0.25) is 14.6 Å². The molecule has 170 valence electrons. The monoisotopic (exact) mass is 446 g/mol. The maximum absolute atomic E-state index is 13.3. The van der Waals surface area contributed by atoms with E-state index in [0.717, 1.165) is 30.4 Å². The first-order valence-corrected chi connectivity index (χ1v) is 11.1. The number of nitrogens with zero attached hydrogens (tertiary/aromatic N) is 1. The molecule has 2 amide bonds. The number of hydrogen-bond donors (Lipinski definition) is 3. The van der Waals surface area contributed by atoms with Gasteiger partial charge in [-0.05, 0) is 66.3 Å². The fourth-order valence-corrected chi connectivity index (χ4v) is 3.99. The van der Waals surface area contributed by atoms with Crippen LogP contribution < -0.4 is 16.4 Å². The highest BCUT2D eigenvalue weighted by atomic mass is 19.1. The molecule has 0 radical (unpaired) electrons. The van der Waals surface area contributed by atoms with Crippen molar-refractivity contribution in [2.45, 2.75) is 37.8 Å². The SMILES string of the molecule is NC(CC(=O)NC(c1ccc(F)cc1)C1CCC1)c1ccc(C(=O)Nc2ccncc2)cc1. The lowest BCUT2D eigenvalue weighted by Crippen LogP contribution is -2.37. The van der Waals surface area contributed by atoms with Crippen LogP contribution in [0.15, 0.2) is 73.1 Å². The van der Waals surface area contributed by atoms with Gasteiger partial charge in [0.1, 0.15) is 5.82 Å². The number of anilines is 1. The van der Waals surface area contributed by atoms with E-state index in [9.17, 15) is 14.0 Å². The van der Waals surface area contributed by atoms with Gasteiger partial charge in [-0.25, -0.2) is 4.39 Å². The maximum atomic E-state index is 13.3. The van der Waals surface area contributed by atoms with Crippen LogP contribution in [0.2, 0.25) is 0 Å². The standard InChI is InChI=1S/C26H27FN4O2/c27-21-10-8-19(9-11-21)25(18-2-1-3-18)31-24(32)16-23(28)17-4-6-20(7-5-17)26(33)30-22-12-14-29-15-13-22/h4-15,18,23,25H,1-3,16,28H2,(H,31,32)(H,29,30,33). The van der Waals surface area contributed by atoms with Crippen LogP contribution in [-0.4, -0.2) is 16.8 Å². The van der Waals surface area contributed by atoms with Crippen LogP contribution in [-0.2, 0) is 4.79 Å². The van der Waals surface area contributed by atoms with Gasteiger partial charge in [0, 0.05) is 36.1 Å². The van der Waals surface area contributed by atoms with E-state index in [2.05, 4.69) is 15.6 Å². The molecule has 1 aliphatic rings. The van der Waals surface area contributed by atoms with Crippen LogP contribution in [0.1, 0.15) is 59.3 Å². The highest BCUT2D eigenvalue weighted by Crippen LogP contribution is 2.38. The minimum absolute atomic E-state index is 0.118. The highest BCUT2D eigenvalue weighted by molar-refractivity contribution is 6.04. The number of amides is 2. The molecule has 4 N–H and O–H groups in total. The molecule has 4 rings (SSSR count). The molecule has 0 spiro atoms. The van der Waals surface area contributed by atoms with Crippen molar-refractivity contribution in [3.05, 3.63) is 95.6 Å². The van der Waals surface area contributed by atoms with Crippen molar-refractivity contribution in [1.82, 2.24) is 10.3 Å². The first-order chi connectivity index (χ1) is 16.0. The second kappa shape index (κ2) is 10.4. The van der Waals surface area contributed by atoms with E-state index in [1.165, 1.54) is 12.1 Å². The number of halogens is 1. The predicted molar refractivity (Wildman–Crippen MR) is 125 cm³/mol. The number of rotatable bonds is 8. The lowest BCUT2D eigenvalue weighted by Gasteiger charge is -2.35. The predicted octanol–water partition coefficient (Wildman–Crippen LogP) is 4.52. The highest BCUT2D eigenvalue weighted by Gasteiger charge is 2.30. The average Bonchev–Trinajstić information content (AvgIpc) is 2.78. The molecule has 1 saturated carbocycles. The molecule has 0 saturated heterocycles. The van der Waals surface area contributed by atoms with Crippen molar-refractivity contribution in [2.75, 3.05) is 5.32 Å². The number of benzene rings is 2. The molecule has 7 heteroatoms. The zero-order valence-electron chi connectivity index (χ0n) is 18.2. The third-order valence-corrected chi connectivity index (χ3v) is 6.11. The van der Waals surface area contributed by atoms with Gasteiger partial charge in [-0.1, -0.05) is 30.7 Å². The fourth-order valence-electron chi connectivity index (χ4n) is 3.99. The molecule has 2 atom stereocenters. The van der Waals surface area contributed by atoms with Gasteiger partial charge < -0.3 is 16.4 Å². The van der Waals surface area contributed by atoms with Crippen LogP contribution in [0.5, 0.6) is 0 Å². The van der Waals surface area contributed by atoms with Gasteiger partial charge in [0.15, 0.2) is 0 Å². The lowest BCUT2D eigenvalue weighted by atomic mass is 9.77. The number of aromatic nitrogens is 1. The molecule has 6 nitrogen and oxygen atoms in total. The van der Waals surface area contributed by atoms with E-state index in [-0.39, 0.29) is 30.1 Å². The smallest absolute Gasteiger partial charge is 0.255 e. The van der Waals surface area contributed by atoms with Crippen molar-refractivity contribution in [2.24, 2.45) is 11.7 Å². The van der Waals surface area contributed by atoms with Crippen LogP contribution in [0.3, 0.4) is 0 Å². The Kier molecular flexibility index (Phi) is 7.10. The summed E-state index contributed by atoms with van der Waals surface area (Å²) >= 11 is 0. The molecule has 1 aliphatic carbocycles. The van der Waals surface area contributed by atoms with Gasteiger partial charge in [0.25, 0.3) is 5.91 Å². The zero-order valence-corrected chi connectivity index (χ0v) is 18.2. The molecule has 3 aromatic rings. The van der Waals surface area contributed by atoms with E-state index in [1.807, 2.05) is 0 Å². The maximum Gasteiger partial charge on any atom is 0.255 e. The van der Waals surface area contributed by atoms with Gasteiger partial charge in [0.2, 0.25) is 5.91 Å². The van der Waals surface area contributed by atoms with Gasteiger partial charge in [-0.2, -0.15) is 0 Å². The number of carbonyl (C=O) groups is 2. The minimum Gasteiger partial charge on any atom is -0.349 e. The summed E-state index contributed by atoms with van der Waals surface area (Å²) in [5, 5.41) is 5.91. The molecule has 0 bridgehead atoms. The van der Waals surface area contributed by atoms with Gasteiger partial charge in [0.05, 0.1) is 6.04 Å². The molecular formula is C26H27FN4O2. The van der Waals surface area contributed by atoms with E-state index in [1.54, 1.807) is 60.9 Å². The summed E-state index contributed by atoms with van der Waals surface area (Å²) in [6.07, 6.45) is 6.55. The third-order valence-electron chi connectivity index (χ3n) is 6.11. The quantitative estimate of drug-likeness (QED) is 0.474. The summed E-state index contributed by atoms with van der Waals surface area (Å²) in [4.78, 5) is 29.1. The first-order valence-electron chi connectivity index (χ1n) is 11.1. The average molecular weight is 447 g/mol. The molecule has 1 fully saturated rings. The molecular weight excluding hydrogens is 419 g/mol. The largest absolute Gasteiger partial charge is 0.349 e. The molecule has 33 heavy (non-hydrogen) atoms. The van der Waals surface area contributed by atoms with E-state index >= 15 is 0 Å². The Morgan fingerprint density at radius 2 is 1.61 bits per heavy atom. The number of pyridine rings is 1. The van der Waals surface area contributed by atoms with Crippen molar-refractivity contribution >= 4 is 17.5 Å². The zero-order chi connectivity index (χ0) is 23.2. The van der Waals surface area contributed by atoms with Crippen molar-refractivity contribution in [3.63, 3.8) is 0 Å². The van der Waals surface area contributed by atoms with Gasteiger partial charge in [-0.15, -0.1) is 0 Å². The van der Waals surface area contributed by atoms with E-state index in [4.69, 9.17) is 5.73 Å². The Bertz CT molecular complexity index is 1080. The number of nitrogens with two attached hydrogens (primary N) is 1. The van der Waals surface area contributed by atoms with Crippen LogP contribution >= 0.6 is 0 Å². The van der Waals surface area contributed by atoms with Crippen molar-refractivity contribution < 1.29 is 14.0 Å². The topological polar surface area (TPSA) is 97.1 Å². The van der Waals surface area contributed by atoms with Crippen molar-refractivity contribution in [3.8, 4) is 0 Å². The number of carbonyl (C=O) groups excluding carboxylic acids is 2. The van der Waals surface area contributed by atoms with Crippen LogP contribution in [0.25, 0.3) is 0 Å². The Morgan fingerprint density at radius 1 is 0.970 bits per heavy atom. The van der Waals surface area contributed by atoms with Gasteiger partial charge >= 0.3 is 0 Å². The molecule has 1 heterocycles. The number of hydrogen-bond acceptors (Lipinski definition) is 4. The Hall–Kier alpha value is -3.58. The molecule has 2 unspecified atom stereocenters.